The Bertz CT molecular complexity index is 1520. The molecule has 0 bridgehead atoms. The van der Waals surface area contributed by atoms with E-state index in [1.54, 1.807) is 24.3 Å². The van der Waals surface area contributed by atoms with Crippen molar-refractivity contribution in [3.8, 4) is 0 Å². The number of carbonyl (C=O) groups excluding carboxylic acids is 2. The number of fused-ring (bicyclic) bond motifs is 1. The first-order valence-corrected chi connectivity index (χ1v) is 15.5. The van der Waals surface area contributed by atoms with E-state index in [-0.39, 0.29) is 47.4 Å². The number of nitrogens with one attached hydrogen (secondary N) is 2. The highest BCUT2D eigenvalue weighted by Crippen LogP contribution is 2.35. The average molecular weight is 670 g/mol. The summed E-state index contributed by atoms with van der Waals surface area (Å²) < 4.78 is 11.4. The second-order valence-electron chi connectivity index (χ2n) is 11.3. The number of hydrogen-bond acceptors (Lipinski definition) is 9. The van der Waals surface area contributed by atoms with Gasteiger partial charge in [-0.1, -0.05) is 40.2 Å². The van der Waals surface area contributed by atoms with Crippen molar-refractivity contribution in [2.24, 2.45) is 0 Å². The number of aromatic nitrogens is 1. The third-order valence-electron chi connectivity index (χ3n) is 8.37. The number of halogens is 1. The van der Waals surface area contributed by atoms with E-state index < -0.39 is 17.0 Å². The van der Waals surface area contributed by atoms with Crippen LogP contribution in [0, 0.1) is 10.1 Å². The third kappa shape index (κ3) is 6.85. The summed E-state index contributed by atoms with van der Waals surface area (Å²) in [5.41, 5.74) is 0.525. The summed E-state index contributed by atoms with van der Waals surface area (Å²) in [7, 11) is 1.67. The maximum absolute atomic E-state index is 14.1. The average Bonchev–Trinajstić information content (AvgIpc) is 3.01. The van der Waals surface area contributed by atoms with Gasteiger partial charge >= 0.3 is 0 Å². The lowest BCUT2D eigenvalue weighted by atomic mass is 9.99. The molecule has 2 fully saturated rings. The molecule has 234 valence electrons. The normalized spacial score (nSPS) is 22.5. The molecule has 0 unspecified atom stereocenters. The molecule has 13 heteroatoms. The quantitative estimate of drug-likeness (QED) is 0.255. The summed E-state index contributed by atoms with van der Waals surface area (Å²) in [6.45, 7) is 7.02. The van der Waals surface area contributed by atoms with Gasteiger partial charge in [0.05, 0.1) is 41.3 Å². The summed E-state index contributed by atoms with van der Waals surface area (Å²) in [6, 6.07) is 9.70. The van der Waals surface area contributed by atoms with Crippen molar-refractivity contribution in [3.05, 3.63) is 74.5 Å². The molecule has 4 atom stereocenters. The third-order valence-corrected chi connectivity index (χ3v) is 8.82. The number of nitro benzene ring substituents is 1. The Labute approximate surface area is 264 Å². The summed E-state index contributed by atoms with van der Waals surface area (Å²) in [5, 5.41) is 20.2. The lowest BCUT2D eigenvalue weighted by Gasteiger charge is -2.44. The number of ether oxygens (including phenoxy) is 2. The van der Waals surface area contributed by atoms with Gasteiger partial charge < -0.3 is 25.0 Å². The van der Waals surface area contributed by atoms with Crippen molar-refractivity contribution in [1.29, 1.82) is 0 Å². The molecular formula is C31H37BrN6O6. The van der Waals surface area contributed by atoms with Crippen LogP contribution in [0.2, 0.25) is 0 Å². The maximum Gasteiger partial charge on any atom is 0.294 e. The van der Waals surface area contributed by atoms with Crippen molar-refractivity contribution in [2.45, 2.75) is 44.4 Å². The predicted octanol–water partition coefficient (Wildman–Crippen LogP) is 4.09. The Morgan fingerprint density at radius 2 is 1.89 bits per heavy atom. The van der Waals surface area contributed by atoms with Crippen molar-refractivity contribution in [3.63, 3.8) is 0 Å². The van der Waals surface area contributed by atoms with E-state index in [0.717, 1.165) is 17.3 Å². The van der Waals surface area contributed by atoms with E-state index in [1.165, 1.54) is 12.3 Å². The van der Waals surface area contributed by atoms with Crippen LogP contribution in [-0.4, -0.2) is 102 Å². The lowest BCUT2D eigenvalue weighted by molar-refractivity contribution is -0.384. The molecule has 2 amide bonds. The van der Waals surface area contributed by atoms with E-state index in [9.17, 15) is 19.7 Å². The molecule has 2 aliphatic rings. The van der Waals surface area contributed by atoms with Crippen LogP contribution in [0.5, 0.6) is 0 Å². The molecule has 2 saturated heterocycles. The summed E-state index contributed by atoms with van der Waals surface area (Å²) in [5.74, 6) is -0.621. The summed E-state index contributed by atoms with van der Waals surface area (Å²) in [4.78, 5) is 47.6. The number of nitrogens with zero attached hydrogens (tertiary/aromatic N) is 4. The second-order valence-corrected chi connectivity index (χ2v) is 12.3. The molecule has 2 aliphatic heterocycles. The van der Waals surface area contributed by atoms with Crippen molar-refractivity contribution in [1.82, 2.24) is 20.1 Å². The zero-order chi connectivity index (χ0) is 31.4. The Morgan fingerprint density at radius 3 is 2.61 bits per heavy atom. The zero-order valence-corrected chi connectivity index (χ0v) is 26.6. The number of amides is 2. The van der Waals surface area contributed by atoms with Gasteiger partial charge in [0.2, 0.25) is 0 Å². The first kappa shape index (κ1) is 31.8. The van der Waals surface area contributed by atoms with Gasteiger partial charge in [-0.3, -0.25) is 29.6 Å². The van der Waals surface area contributed by atoms with Gasteiger partial charge in [-0.25, -0.2) is 0 Å². The molecular weight excluding hydrogens is 632 g/mol. The number of benzene rings is 2. The summed E-state index contributed by atoms with van der Waals surface area (Å²) in [6.07, 6.45) is 3.69. The number of carbonyl (C=O) groups is 2. The van der Waals surface area contributed by atoms with E-state index in [1.807, 2.05) is 24.3 Å². The largest absolute Gasteiger partial charge is 0.383 e. The number of pyridine rings is 1. The minimum absolute atomic E-state index is 0.0787. The second kappa shape index (κ2) is 14.0. The maximum atomic E-state index is 14.1. The fourth-order valence-electron chi connectivity index (χ4n) is 6.17. The van der Waals surface area contributed by atoms with Crippen LogP contribution < -0.4 is 10.6 Å². The molecule has 3 aromatic rings. The fourth-order valence-corrected chi connectivity index (χ4v) is 6.61. The number of rotatable bonds is 9. The Hall–Kier alpha value is -3.65. The SMILES string of the molecule is COCCN1[C@H](C)CN(C(=O)c2cc(Br)cc([N+](=O)[O-])c2N[C@@H]2CCOC[C@@H]2NC(=O)c2cncc3ccccc23)C[C@@H]1C. The molecule has 44 heavy (non-hydrogen) atoms. The monoisotopic (exact) mass is 668 g/mol. The minimum atomic E-state index is -0.522. The number of hydrogen-bond donors (Lipinski definition) is 2. The fraction of sp³-hybridized carbons (Fsp3) is 0.452. The standard InChI is InChI=1S/C31H37BrN6O6/c1-19-16-36(17-20(2)37(19)9-11-43-3)31(40)24-12-22(32)13-28(38(41)42)29(24)34-26-8-10-44-18-27(26)35-30(39)25-15-33-14-21-6-4-5-7-23(21)25/h4-7,12-15,19-20,26-27,34H,8-11,16-18H2,1-3H3,(H,35,39)/t19-,20+,26-,27+/m1/s1. The molecule has 0 saturated carbocycles. The van der Waals surface area contributed by atoms with Crippen LogP contribution in [0.15, 0.2) is 53.3 Å². The lowest BCUT2D eigenvalue weighted by Crippen LogP contribution is -2.58. The molecule has 1 aromatic heterocycles. The molecule has 3 heterocycles. The van der Waals surface area contributed by atoms with Crippen LogP contribution in [-0.2, 0) is 9.47 Å². The minimum Gasteiger partial charge on any atom is -0.383 e. The predicted molar refractivity (Wildman–Crippen MR) is 170 cm³/mol. The van der Waals surface area contributed by atoms with Crippen molar-refractivity contribution in [2.75, 3.05) is 51.9 Å². The van der Waals surface area contributed by atoms with Gasteiger partial charge in [0.25, 0.3) is 17.5 Å². The first-order chi connectivity index (χ1) is 21.2. The van der Waals surface area contributed by atoms with Gasteiger partial charge in [-0.15, -0.1) is 0 Å². The van der Waals surface area contributed by atoms with Gasteiger partial charge in [0, 0.05) is 73.8 Å². The first-order valence-electron chi connectivity index (χ1n) is 14.7. The molecule has 5 rings (SSSR count). The molecule has 0 radical (unpaired) electrons. The molecule has 12 nitrogen and oxygen atoms in total. The van der Waals surface area contributed by atoms with Crippen LogP contribution in [0.1, 0.15) is 41.0 Å². The van der Waals surface area contributed by atoms with Gasteiger partial charge in [-0.05, 0) is 31.7 Å². The van der Waals surface area contributed by atoms with E-state index >= 15 is 0 Å². The van der Waals surface area contributed by atoms with E-state index in [4.69, 9.17) is 9.47 Å². The van der Waals surface area contributed by atoms with Gasteiger partial charge in [-0.2, -0.15) is 0 Å². The van der Waals surface area contributed by atoms with Crippen LogP contribution in [0.25, 0.3) is 10.8 Å². The van der Waals surface area contributed by atoms with Gasteiger partial charge in [0.15, 0.2) is 0 Å². The number of nitro groups is 1. The Morgan fingerprint density at radius 1 is 1.14 bits per heavy atom. The molecule has 2 aromatic carbocycles. The van der Waals surface area contributed by atoms with E-state index in [2.05, 4.69) is 50.3 Å². The van der Waals surface area contributed by atoms with Crippen LogP contribution >= 0.6 is 15.9 Å². The zero-order valence-electron chi connectivity index (χ0n) is 25.0. The highest BCUT2D eigenvalue weighted by atomic mass is 79.9. The van der Waals surface area contributed by atoms with Crippen molar-refractivity contribution >= 4 is 49.9 Å². The summed E-state index contributed by atoms with van der Waals surface area (Å²) >= 11 is 3.38. The van der Waals surface area contributed by atoms with Crippen LogP contribution in [0.3, 0.4) is 0 Å². The molecule has 0 aliphatic carbocycles. The number of anilines is 1. The Balaban J connectivity index is 1.42. The van der Waals surface area contributed by atoms with Crippen LogP contribution in [0.4, 0.5) is 11.4 Å². The molecule has 0 spiro atoms. The smallest absolute Gasteiger partial charge is 0.294 e. The van der Waals surface area contributed by atoms with E-state index in [0.29, 0.717) is 42.8 Å². The molecule has 2 N–H and O–H groups in total. The number of piperazine rings is 1. The van der Waals surface area contributed by atoms with Crippen molar-refractivity contribution < 1.29 is 24.0 Å². The number of methoxy groups -OCH3 is 1. The van der Waals surface area contributed by atoms with Gasteiger partial charge in [0.1, 0.15) is 5.69 Å². The topological polar surface area (TPSA) is 139 Å². The Kier molecular flexibility index (Phi) is 10.1. The highest BCUT2D eigenvalue weighted by molar-refractivity contribution is 9.10. The highest BCUT2D eigenvalue weighted by Gasteiger charge is 2.36.